The molecule has 1 aromatic carbocycles. The molecule has 0 N–H and O–H groups in total. The second-order valence-corrected chi connectivity index (χ2v) is 3.10. The first-order valence-corrected chi connectivity index (χ1v) is 4.45. The van der Waals surface area contributed by atoms with Gasteiger partial charge in [0.25, 0.3) is 11.4 Å². The highest BCUT2D eigenvalue weighted by Gasteiger charge is 2.08. The molecule has 0 saturated carbocycles. The largest absolute Gasteiger partial charge is 0.424 e. The molecule has 0 unspecified atom stereocenters. The highest BCUT2D eigenvalue weighted by atomic mass is 16.5. The molecule has 3 rings (SSSR count). The molecule has 2 heterocycles. The Morgan fingerprint density at radius 1 is 0.812 bits per heavy atom. The van der Waals surface area contributed by atoms with E-state index < -0.39 is 11.3 Å². The van der Waals surface area contributed by atoms with E-state index in [2.05, 4.69) is 18.8 Å². The number of para-hydroxylation sites is 2. The van der Waals surface area contributed by atoms with Gasteiger partial charge >= 0.3 is 11.3 Å². The summed E-state index contributed by atoms with van der Waals surface area (Å²) in [6.07, 6.45) is 0. The van der Waals surface area contributed by atoms with Crippen LogP contribution in [0.3, 0.4) is 0 Å². The highest BCUT2D eigenvalue weighted by Crippen LogP contribution is 2.12. The van der Waals surface area contributed by atoms with Crippen molar-refractivity contribution < 1.29 is 8.83 Å². The molecule has 0 spiro atoms. The summed E-state index contributed by atoms with van der Waals surface area (Å²) in [5, 5.41) is 0. The Labute approximate surface area is 87.2 Å². The lowest BCUT2D eigenvalue weighted by molar-refractivity contribution is 0.437. The van der Waals surface area contributed by atoms with Crippen molar-refractivity contribution in [3.05, 3.63) is 45.1 Å². The van der Waals surface area contributed by atoms with Crippen LogP contribution in [0.1, 0.15) is 0 Å². The molecule has 2 aromatic heterocycles. The Morgan fingerprint density at radius 2 is 1.25 bits per heavy atom. The first-order chi connectivity index (χ1) is 7.74. The summed E-state index contributed by atoms with van der Waals surface area (Å²) in [5.41, 5.74) is -1.21. The molecule has 0 saturated heterocycles. The van der Waals surface area contributed by atoms with Crippen molar-refractivity contribution >= 4 is 22.5 Å². The maximum absolute atomic E-state index is 10.9. The third kappa shape index (κ3) is 1.20. The average Bonchev–Trinajstić information content (AvgIpc) is 2.28. The van der Waals surface area contributed by atoms with Crippen LogP contribution < -0.4 is 11.3 Å². The monoisotopic (exact) mass is 216 g/mol. The van der Waals surface area contributed by atoms with Crippen LogP contribution >= 0.6 is 0 Å². The van der Waals surface area contributed by atoms with Crippen LogP contribution in [0.2, 0.25) is 0 Å². The fraction of sp³-hybridized carbons (Fsp3) is 0. The molecule has 0 amide bonds. The van der Waals surface area contributed by atoms with Gasteiger partial charge in [-0.15, -0.1) is 0 Å². The number of hydrogen-bond donors (Lipinski definition) is 0. The minimum absolute atomic E-state index is 0.0803. The lowest BCUT2D eigenvalue weighted by Crippen LogP contribution is -2.21. The van der Waals surface area contributed by atoms with E-state index in [-0.39, 0.29) is 11.4 Å². The van der Waals surface area contributed by atoms with Gasteiger partial charge in [-0.2, -0.15) is 0 Å². The molecule has 0 aliphatic heterocycles. The molecule has 0 radical (unpaired) electrons. The van der Waals surface area contributed by atoms with Crippen LogP contribution in [0.5, 0.6) is 0 Å². The van der Waals surface area contributed by atoms with Gasteiger partial charge in [0.05, 0.1) is 11.0 Å². The smallest absolute Gasteiger partial charge is 0.393 e. The Bertz CT molecular complexity index is 735. The first kappa shape index (κ1) is 8.78. The Kier molecular flexibility index (Phi) is 1.64. The maximum Gasteiger partial charge on any atom is 0.424 e. The van der Waals surface area contributed by atoms with Gasteiger partial charge in [0.1, 0.15) is 0 Å². The van der Waals surface area contributed by atoms with Crippen molar-refractivity contribution in [2.45, 2.75) is 0 Å². The summed E-state index contributed by atoms with van der Waals surface area (Å²) < 4.78 is 9.33. The zero-order chi connectivity index (χ0) is 11.1. The van der Waals surface area contributed by atoms with Gasteiger partial charge in [-0.3, -0.25) is 0 Å². The molecule has 78 valence electrons. The molecule has 16 heavy (non-hydrogen) atoms. The number of benzene rings is 1. The minimum Gasteiger partial charge on any atom is -0.393 e. The summed E-state index contributed by atoms with van der Waals surface area (Å²) in [6.45, 7) is 0. The average molecular weight is 216 g/mol. The van der Waals surface area contributed by atoms with Crippen LogP contribution in [-0.4, -0.2) is 9.97 Å². The van der Waals surface area contributed by atoms with Crippen LogP contribution in [-0.2, 0) is 0 Å². The highest BCUT2D eigenvalue weighted by molar-refractivity contribution is 5.80. The van der Waals surface area contributed by atoms with E-state index >= 15 is 0 Å². The fourth-order valence-electron chi connectivity index (χ4n) is 1.36. The number of hydrogen-bond acceptors (Lipinski definition) is 6. The molecule has 0 aliphatic carbocycles. The summed E-state index contributed by atoms with van der Waals surface area (Å²) in [7, 11) is 0. The summed E-state index contributed by atoms with van der Waals surface area (Å²) >= 11 is 0. The van der Waals surface area contributed by atoms with Gasteiger partial charge in [-0.05, 0) is 12.1 Å². The van der Waals surface area contributed by atoms with Gasteiger partial charge in [0.15, 0.2) is 0 Å². The number of aromatic nitrogens is 2. The Balaban J connectivity index is 2.56. The van der Waals surface area contributed by atoms with Crippen LogP contribution in [0.25, 0.3) is 22.5 Å². The maximum atomic E-state index is 10.9. The number of rotatable bonds is 0. The van der Waals surface area contributed by atoms with Gasteiger partial charge in [0, 0.05) is 0 Å². The molecule has 3 aromatic rings. The second kappa shape index (κ2) is 2.99. The van der Waals surface area contributed by atoms with Crippen LogP contribution in [0.4, 0.5) is 0 Å². The quantitative estimate of drug-likeness (QED) is 0.406. The topological polar surface area (TPSA) is 86.2 Å². The standard InChI is InChI=1S/C10H4N2O4/c13-9-10(14)16-8-7(15-9)11-5-3-1-2-4-6(5)12-8/h1-4H. The van der Waals surface area contributed by atoms with Gasteiger partial charge in [0.2, 0.25) is 0 Å². The third-order valence-electron chi connectivity index (χ3n) is 2.05. The molecular formula is C10H4N2O4. The molecular weight excluding hydrogens is 212 g/mol. The van der Waals surface area contributed by atoms with E-state index in [4.69, 9.17) is 0 Å². The lowest BCUT2D eigenvalue weighted by Gasteiger charge is -1.96. The predicted molar refractivity (Wildman–Crippen MR) is 54.1 cm³/mol. The van der Waals surface area contributed by atoms with Crippen molar-refractivity contribution in [3.63, 3.8) is 0 Å². The van der Waals surface area contributed by atoms with E-state index in [1.54, 1.807) is 24.3 Å². The molecule has 0 aliphatic rings. The minimum atomic E-state index is -1.09. The van der Waals surface area contributed by atoms with E-state index in [1.165, 1.54) is 0 Å². The predicted octanol–water partition coefficient (Wildman–Crippen LogP) is 0.689. The van der Waals surface area contributed by atoms with Crippen molar-refractivity contribution in [2.24, 2.45) is 0 Å². The number of nitrogens with zero attached hydrogens (tertiary/aromatic N) is 2. The third-order valence-corrected chi connectivity index (χ3v) is 2.05. The van der Waals surface area contributed by atoms with Crippen molar-refractivity contribution in [3.8, 4) is 0 Å². The SMILES string of the molecule is O=c1oc2nc3ccccc3nc2oc1=O. The van der Waals surface area contributed by atoms with Crippen molar-refractivity contribution in [1.29, 1.82) is 0 Å². The molecule has 0 bridgehead atoms. The number of fused-ring (bicyclic) bond motifs is 2. The summed E-state index contributed by atoms with van der Waals surface area (Å²) in [6, 6.07) is 6.99. The lowest BCUT2D eigenvalue weighted by atomic mass is 10.3. The van der Waals surface area contributed by atoms with Crippen molar-refractivity contribution in [1.82, 2.24) is 9.97 Å². The zero-order valence-corrected chi connectivity index (χ0v) is 7.84. The zero-order valence-electron chi connectivity index (χ0n) is 7.84. The van der Waals surface area contributed by atoms with E-state index in [0.29, 0.717) is 11.0 Å². The van der Waals surface area contributed by atoms with E-state index in [1.807, 2.05) is 0 Å². The molecule has 6 nitrogen and oxygen atoms in total. The molecule has 0 atom stereocenters. The van der Waals surface area contributed by atoms with E-state index in [0.717, 1.165) is 0 Å². The van der Waals surface area contributed by atoms with Gasteiger partial charge < -0.3 is 8.83 Å². The van der Waals surface area contributed by atoms with Gasteiger partial charge in [-0.1, -0.05) is 12.1 Å². The second-order valence-electron chi connectivity index (χ2n) is 3.10. The fourth-order valence-corrected chi connectivity index (χ4v) is 1.36. The van der Waals surface area contributed by atoms with Crippen LogP contribution in [0.15, 0.2) is 42.7 Å². The van der Waals surface area contributed by atoms with Crippen LogP contribution in [0, 0.1) is 0 Å². The summed E-state index contributed by atoms with van der Waals surface area (Å²) in [5.74, 6) is 0. The Morgan fingerprint density at radius 3 is 1.69 bits per heavy atom. The Hall–Kier alpha value is -2.50. The van der Waals surface area contributed by atoms with E-state index in [9.17, 15) is 9.59 Å². The van der Waals surface area contributed by atoms with Gasteiger partial charge in [-0.25, -0.2) is 19.6 Å². The molecule has 6 heteroatoms. The normalized spacial score (nSPS) is 11.0. The summed E-state index contributed by atoms with van der Waals surface area (Å²) in [4.78, 5) is 29.9. The van der Waals surface area contributed by atoms with Crippen molar-refractivity contribution in [2.75, 3.05) is 0 Å². The first-order valence-electron chi connectivity index (χ1n) is 4.45. The molecule has 0 fully saturated rings.